The van der Waals surface area contributed by atoms with Crippen LogP contribution in [0.2, 0.25) is 5.02 Å². The molecule has 0 fully saturated rings. The van der Waals surface area contributed by atoms with Gasteiger partial charge in [0.2, 0.25) is 0 Å². The highest BCUT2D eigenvalue weighted by Crippen LogP contribution is 2.26. The first kappa shape index (κ1) is 18.8. The van der Waals surface area contributed by atoms with Gasteiger partial charge in [-0.3, -0.25) is 9.78 Å². The number of hydrogen-bond acceptors (Lipinski definition) is 4. The van der Waals surface area contributed by atoms with Gasteiger partial charge < -0.3 is 4.90 Å². The minimum absolute atomic E-state index is 0.201. The monoisotopic (exact) mass is 403 g/mol. The summed E-state index contributed by atoms with van der Waals surface area (Å²) in [5.74, 6) is -0.201. The van der Waals surface area contributed by atoms with E-state index in [0.29, 0.717) is 17.3 Å². The summed E-state index contributed by atoms with van der Waals surface area (Å²) >= 11 is 6.04. The van der Waals surface area contributed by atoms with E-state index in [-0.39, 0.29) is 5.91 Å². The molecule has 0 aliphatic rings. The number of carbonyl (C=O) groups is 1. The van der Waals surface area contributed by atoms with E-state index in [2.05, 4.69) is 9.97 Å². The number of carbonyl (C=O) groups excluding carboxylic acids is 1. The highest BCUT2D eigenvalue weighted by Gasteiger charge is 2.18. The number of nitrogens with zero attached hydrogens (tertiary/aromatic N) is 5. The molecule has 0 bridgehead atoms. The van der Waals surface area contributed by atoms with Crippen molar-refractivity contribution < 1.29 is 4.79 Å². The first-order valence-electron chi connectivity index (χ1n) is 9.03. The van der Waals surface area contributed by atoms with E-state index in [0.717, 1.165) is 22.5 Å². The lowest BCUT2D eigenvalue weighted by Gasteiger charge is -2.16. The van der Waals surface area contributed by atoms with Crippen LogP contribution in [0.3, 0.4) is 0 Å². The van der Waals surface area contributed by atoms with Gasteiger partial charge in [-0.2, -0.15) is 5.10 Å². The van der Waals surface area contributed by atoms with E-state index in [1.807, 2.05) is 65.5 Å². The van der Waals surface area contributed by atoms with Crippen LogP contribution in [0.4, 0.5) is 0 Å². The Hall–Kier alpha value is -3.51. The second-order valence-corrected chi connectivity index (χ2v) is 6.98. The van der Waals surface area contributed by atoms with Crippen LogP contribution in [-0.2, 0) is 6.54 Å². The van der Waals surface area contributed by atoms with Gasteiger partial charge >= 0.3 is 0 Å². The molecule has 0 unspecified atom stereocenters. The minimum Gasteiger partial charge on any atom is -0.336 e. The number of amides is 1. The topological polar surface area (TPSA) is 63.9 Å². The third-order valence-corrected chi connectivity index (χ3v) is 4.72. The zero-order valence-electron chi connectivity index (χ0n) is 15.7. The second kappa shape index (κ2) is 8.24. The predicted octanol–water partition coefficient (Wildman–Crippen LogP) is 4.25. The van der Waals surface area contributed by atoms with E-state index < -0.39 is 0 Å². The summed E-state index contributed by atoms with van der Waals surface area (Å²) in [6, 6.07) is 17.4. The SMILES string of the molecule is CN(Cc1cn(-c2ccccc2)nc1-c1ccc(Cl)cc1)C(=O)c1cnccn1. The quantitative estimate of drug-likeness (QED) is 0.499. The lowest BCUT2D eigenvalue weighted by atomic mass is 10.1. The van der Waals surface area contributed by atoms with Gasteiger partial charge in [0.1, 0.15) is 5.69 Å². The standard InChI is InChI=1S/C22H18ClN5O/c1-27(22(29)20-13-24-11-12-25-20)14-17-15-28(19-5-3-2-4-6-19)26-21(17)16-7-9-18(23)10-8-16/h2-13,15H,14H2,1H3. The molecule has 2 aromatic carbocycles. The van der Waals surface area contributed by atoms with Crippen LogP contribution in [0, 0.1) is 0 Å². The molecule has 0 saturated heterocycles. The van der Waals surface area contributed by atoms with Gasteiger partial charge in [-0.1, -0.05) is 41.9 Å². The van der Waals surface area contributed by atoms with Crippen molar-refractivity contribution in [2.75, 3.05) is 7.05 Å². The largest absolute Gasteiger partial charge is 0.336 e. The van der Waals surface area contributed by atoms with Crippen molar-refractivity contribution in [3.8, 4) is 16.9 Å². The molecule has 0 saturated carbocycles. The first-order valence-corrected chi connectivity index (χ1v) is 9.41. The molecule has 4 rings (SSSR count). The molecule has 0 N–H and O–H groups in total. The number of rotatable bonds is 5. The highest BCUT2D eigenvalue weighted by atomic mass is 35.5. The minimum atomic E-state index is -0.201. The van der Waals surface area contributed by atoms with Crippen molar-refractivity contribution in [3.05, 3.63) is 95.7 Å². The van der Waals surface area contributed by atoms with Crippen LogP contribution in [0.1, 0.15) is 16.1 Å². The molecular formula is C22H18ClN5O. The molecule has 2 heterocycles. The number of aromatic nitrogens is 4. The third-order valence-electron chi connectivity index (χ3n) is 4.46. The third kappa shape index (κ3) is 4.17. The Morgan fingerprint density at radius 3 is 2.52 bits per heavy atom. The fraction of sp³-hybridized carbons (Fsp3) is 0.0909. The van der Waals surface area contributed by atoms with Crippen molar-refractivity contribution in [1.29, 1.82) is 0 Å². The van der Waals surface area contributed by atoms with Crippen LogP contribution in [0.5, 0.6) is 0 Å². The maximum Gasteiger partial charge on any atom is 0.274 e. The number of para-hydroxylation sites is 1. The zero-order chi connectivity index (χ0) is 20.2. The number of hydrogen-bond donors (Lipinski definition) is 0. The average Bonchev–Trinajstić information content (AvgIpc) is 3.18. The number of benzene rings is 2. The van der Waals surface area contributed by atoms with E-state index >= 15 is 0 Å². The lowest BCUT2D eigenvalue weighted by Crippen LogP contribution is -2.27. The molecule has 2 aromatic heterocycles. The molecule has 6 nitrogen and oxygen atoms in total. The van der Waals surface area contributed by atoms with E-state index in [9.17, 15) is 4.79 Å². The normalized spacial score (nSPS) is 10.7. The van der Waals surface area contributed by atoms with Crippen LogP contribution < -0.4 is 0 Å². The van der Waals surface area contributed by atoms with Crippen molar-refractivity contribution >= 4 is 17.5 Å². The molecule has 4 aromatic rings. The van der Waals surface area contributed by atoms with Crippen LogP contribution in [0.15, 0.2) is 79.4 Å². The van der Waals surface area contributed by atoms with Crippen LogP contribution in [-0.4, -0.2) is 37.6 Å². The van der Waals surface area contributed by atoms with Crippen molar-refractivity contribution in [2.45, 2.75) is 6.54 Å². The summed E-state index contributed by atoms with van der Waals surface area (Å²) in [6.45, 7) is 0.375. The second-order valence-electron chi connectivity index (χ2n) is 6.54. The van der Waals surface area contributed by atoms with Gasteiger partial charge in [0.15, 0.2) is 0 Å². The Kier molecular flexibility index (Phi) is 5.35. The highest BCUT2D eigenvalue weighted by molar-refractivity contribution is 6.30. The van der Waals surface area contributed by atoms with Gasteiger partial charge in [-0.15, -0.1) is 0 Å². The average molecular weight is 404 g/mol. The maximum atomic E-state index is 12.7. The Morgan fingerprint density at radius 1 is 1.07 bits per heavy atom. The zero-order valence-corrected chi connectivity index (χ0v) is 16.5. The summed E-state index contributed by atoms with van der Waals surface area (Å²) < 4.78 is 1.82. The molecule has 0 spiro atoms. The fourth-order valence-electron chi connectivity index (χ4n) is 3.02. The summed E-state index contributed by atoms with van der Waals surface area (Å²) in [7, 11) is 1.74. The molecule has 0 radical (unpaired) electrons. The van der Waals surface area contributed by atoms with E-state index in [1.54, 1.807) is 18.1 Å². The van der Waals surface area contributed by atoms with Gasteiger partial charge in [0, 0.05) is 48.3 Å². The molecule has 0 atom stereocenters. The Morgan fingerprint density at radius 2 is 1.83 bits per heavy atom. The Bertz CT molecular complexity index is 1110. The molecule has 29 heavy (non-hydrogen) atoms. The first-order chi connectivity index (χ1) is 14.1. The van der Waals surface area contributed by atoms with Crippen molar-refractivity contribution in [2.24, 2.45) is 0 Å². The van der Waals surface area contributed by atoms with Crippen molar-refractivity contribution in [1.82, 2.24) is 24.6 Å². The smallest absolute Gasteiger partial charge is 0.274 e. The number of halogens is 1. The molecule has 0 aliphatic heterocycles. The van der Waals surface area contributed by atoms with Crippen LogP contribution in [0.25, 0.3) is 16.9 Å². The summed E-state index contributed by atoms with van der Waals surface area (Å²) in [5.41, 5.74) is 3.88. The molecule has 0 aliphatic carbocycles. The molecular weight excluding hydrogens is 386 g/mol. The summed E-state index contributed by atoms with van der Waals surface area (Å²) in [6.07, 6.45) is 6.46. The Labute approximate surface area is 173 Å². The summed E-state index contributed by atoms with van der Waals surface area (Å²) in [4.78, 5) is 22.4. The van der Waals surface area contributed by atoms with E-state index in [1.165, 1.54) is 12.4 Å². The van der Waals surface area contributed by atoms with Gasteiger partial charge in [-0.05, 0) is 24.3 Å². The van der Waals surface area contributed by atoms with Gasteiger partial charge in [0.05, 0.1) is 17.6 Å². The predicted molar refractivity (Wildman–Crippen MR) is 112 cm³/mol. The van der Waals surface area contributed by atoms with Crippen molar-refractivity contribution in [3.63, 3.8) is 0 Å². The van der Waals surface area contributed by atoms with Gasteiger partial charge in [-0.25, -0.2) is 9.67 Å². The van der Waals surface area contributed by atoms with Crippen LogP contribution >= 0.6 is 11.6 Å². The van der Waals surface area contributed by atoms with Gasteiger partial charge in [0.25, 0.3) is 5.91 Å². The molecule has 7 heteroatoms. The van der Waals surface area contributed by atoms with E-state index in [4.69, 9.17) is 16.7 Å². The molecule has 1 amide bonds. The lowest BCUT2D eigenvalue weighted by molar-refractivity contribution is 0.0779. The molecule has 144 valence electrons. The maximum absolute atomic E-state index is 12.7. The fourth-order valence-corrected chi connectivity index (χ4v) is 3.15. The Balaban J connectivity index is 1.70. The summed E-state index contributed by atoms with van der Waals surface area (Å²) in [5, 5.41) is 5.43.